The van der Waals surface area contributed by atoms with Crippen molar-refractivity contribution in [3.05, 3.63) is 28.7 Å². The lowest BCUT2D eigenvalue weighted by Crippen LogP contribution is -2.14. The molecule has 2 aromatic rings. The highest BCUT2D eigenvalue weighted by Crippen LogP contribution is 2.24. The molecule has 2 rings (SSSR count). The van der Waals surface area contributed by atoms with E-state index >= 15 is 0 Å². The summed E-state index contributed by atoms with van der Waals surface area (Å²) < 4.78 is 1.66. The lowest BCUT2D eigenvalue weighted by Gasteiger charge is -2.18. The quantitative estimate of drug-likeness (QED) is 0.643. The number of rotatable bonds is 0. The Labute approximate surface area is 94.1 Å². The number of nitrogens with zero attached hydrogens (tertiary/aromatic N) is 3. The van der Waals surface area contributed by atoms with Crippen LogP contribution in [0.25, 0.3) is 5.65 Å². The van der Waals surface area contributed by atoms with E-state index in [2.05, 4.69) is 30.9 Å². The lowest BCUT2D eigenvalue weighted by atomic mass is 9.92. The summed E-state index contributed by atoms with van der Waals surface area (Å²) in [5.41, 5.74) is 2.88. The van der Waals surface area contributed by atoms with Gasteiger partial charge in [0.1, 0.15) is 5.15 Å². The topological polar surface area (TPSA) is 30.2 Å². The SMILES string of the molecule is Cc1cnn2c(Cl)cc(C(C)(C)C)nc12. The molecule has 0 bridgehead atoms. The van der Waals surface area contributed by atoms with Crippen LogP contribution in [-0.4, -0.2) is 14.6 Å². The first-order chi connectivity index (χ1) is 6.89. The van der Waals surface area contributed by atoms with Crippen molar-refractivity contribution in [3.63, 3.8) is 0 Å². The average molecular weight is 224 g/mol. The molecule has 0 atom stereocenters. The van der Waals surface area contributed by atoms with Gasteiger partial charge in [-0.25, -0.2) is 9.50 Å². The van der Waals surface area contributed by atoms with Crippen LogP contribution in [0.15, 0.2) is 12.3 Å². The summed E-state index contributed by atoms with van der Waals surface area (Å²) in [5, 5.41) is 4.77. The van der Waals surface area contributed by atoms with E-state index in [1.807, 2.05) is 13.0 Å². The maximum atomic E-state index is 6.14. The van der Waals surface area contributed by atoms with Crippen molar-refractivity contribution < 1.29 is 0 Å². The van der Waals surface area contributed by atoms with E-state index in [-0.39, 0.29) is 5.41 Å². The van der Waals surface area contributed by atoms with Crippen LogP contribution < -0.4 is 0 Å². The van der Waals surface area contributed by atoms with Gasteiger partial charge >= 0.3 is 0 Å². The summed E-state index contributed by atoms with van der Waals surface area (Å²) in [5.74, 6) is 0. The van der Waals surface area contributed by atoms with Crippen molar-refractivity contribution in [1.82, 2.24) is 14.6 Å². The summed E-state index contributed by atoms with van der Waals surface area (Å²) in [6.45, 7) is 8.34. The molecular formula is C11H14ClN3. The fourth-order valence-electron chi connectivity index (χ4n) is 1.42. The highest BCUT2D eigenvalue weighted by Gasteiger charge is 2.18. The Morgan fingerprint density at radius 1 is 1.33 bits per heavy atom. The van der Waals surface area contributed by atoms with Crippen molar-refractivity contribution in [2.45, 2.75) is 33.1 Å². The Balaban J connectivity index is 2.76. The molecule has 0 aliphatic carbocycles. The third-order valence-corrected chi connectivity index (χ3v) is 2.64. The van der Waals surface area contributed by atoms with Crippen LogP contribution in [0, 0.1) is 6.92 Å². The maximum absolute atomic E-state index is 6.14. The number of aryl methyl sites for hydroxylation is 1. The van der Waals surface area contributed by atoms with Crippen molar-refractivity contribution in [2.24, 2.45) is 0 Å². The molecule has 2 heterocycles. The zero-order valence-corrected chi connectivity index (χ0v) is 10.1. The van der Waals surface area contributed by atoms with Gasteiger partial charge in [0.2, 0.25) is 0 Å². The second-order valence-corrected chi connectivity index (χ2v) is 5.16. The van der Waals surface area contributed by atoms with Gasteiger partial charge in [-0.2, -0.15) is 5.10 Å². The van der Waals surface area contributed by atoms with E-state index in [0.717, 1.165) is 16.9 Å². The van der Waals surface area contributed by atoms with E-state index in [0.29, 0.717) is 5.15 Å². The Morgan fingerprint density at radius 2 is 2.00 bits per heavy atom. The normalized spacial score (nSPS) is 12.3. The Bertz CT molecular complexity index is 508. The standard InChI is InChI=1S/C11H14ClN3/c1-7-6-13-15-9(12)5-8(11(2,3)4)14-10(7)15/h5-6H,1-4H3. The first-order valence-electron chi connectivity index (χ1n) is 4.91. The zero-order chi connectivity index (χ0) is 11.2. The fourth-order valence-corrected chi connectivity index (χ4v) is 1.65. The number of hydrogen-bond acceptors (Lipinski definition) is 2. The van der Waals surface area contributed by atoms with E-state index in [1.165, 1.54) is 0 Å². The minimum atomic E-state index is 0.00208. The molecule has 0 aliphatic heterocycles. The zero-order valence-electron chi connectivity index (χ0n) is 9.37. The smallest absolute Gasteiger partial charge is 0.159 e. The van der Waals surface area contributed by atoms with Gasteiger partial charge in [0.25, 0.3) is 0 Å². The molecule has 80 valence electrons. The Morgan fingerprint density at radius 3 is 2.60 bits per heavy atom. The van der Waals surface area contributed by atoms with Crippen LogP contribution in [0.2, 0.25) is 5.15 Å². The van der Waals surface area contributed by atoms with Crippen molar-refractivity contribution in [1.29, 1.82) is 0 Å². The van der Waals surface area contributed by atoms with Gasteiger partial charge in [0, 0.05) is 11.0 Å². The van der Waals surface area contributed by atoms with Gasteiger partial charge in [-0.1, -0.05) is 32.4 Å². The van der Waals surface area contributed by atoms with Crippen molar-refractivity contribution in [2.75, 3.05) is 0 Å². The monoisotopic (exact) mass is 223 g/mol. The minimum Gasteiger partial charge on any atom is -0.233 e. The largest absolute Gasteiger partial charge is 0.233 e. The molecule has 0 saturated heterocycles. The van der Waals surface area contributed by atoms with Gasteiger partial charge < -0.3 is 0 Å². The van der Waals surface area contributed by atoms with E-state index in [1.54, 1.807) is 10.7 Å². The first-order valence-corrected chi connectivity index (χ1v) is 5.29. The second kappa shape index (κ2) is 3.20. The molecule has 0 aromatic carbocycles. The van der Waals surface area contributed by atoms with Gasteiger partial charge in [0.15, 0.2) is 5.65 Å². The summed E-state index contributed by atoms with van der Waals surface area (Å²) in [6, 6.07) is 1.88. The summed E-state index contributed by atoms with van der Waals surface area (Å²) in [6.07, 6.45) is 1.78. The molecule has 0 saturated carbocycles. The van der Waals surface area contributed by atoms with Gasteiger partial charge in [-0.15, -0.1) is 0 Å². The van der Waals surface area contributed by atoms with E-state index in [9.17, 15) is 0 Å². The van der Waals surface area contributed by atoms with E-state index < -0.39 is 0 Å². The highest BCUT2D eigenvalue weighted by atomic mass is 35.5. The molecule has 0 fully saturated rings. The Kier molecular flexibility index (Phi) is 2.23. The second-order valence-electron chi connectivity index (χ2n) is 4.78. The van der Waals surface area contributed by atoms with Gasteiger partial charge in [0.05, 0.1) is 11.9 Å². The minimum absolute atomic E-state index is 0.00208. The van der Waals surface area contributed by atoms with E-state index in [4.69, 9.17) is 11.6 Å². The number of aromatic nitrogens is 3. The summed E-state index contributed by atoms with van der Waals surface area (Å²) in [4.78, 5) is 4.58. The van der Waals surface area contributed by atoms with Gasteiger partial charge in [-0.05, 0) is 13.0 Å². The molecule has 0 aliphatic rings. The third kappa shape index (κ3) is 1.72. The first kappa shape index (κ1) is 10.4. The third-order valence-electron chi connectivity index (χ3n) is 2.37. The molecule has 3 nitrogen and oxygen atoms in total. The molecule has 0 unspecified atom stereocenters. The maximum Gasteiger partial charge on any atom is 0.159 e. The molecular weight excluding hydrogens is 210 g/mol. The predicted molar refractivity (Wildman–Crippen MR) is 61.4 cm³/mol. The van der Waals surface area contributed by atoms with Crippen LogP contribution >= 0.6 is 11.6 Å². The predicted octanol–water partition coefficient (Wildman–Crippen LogP) is 2.99. The summed E-state index contributed by atoms with van der Waals surface area (Å²) >= 11 is 6.14. The molecule has 0 spiro atoms. The molecule has 2 aromatic heterocycles. The number of fused-ring (bicyclic) bond motifs is 1. The molecule has 0 amide bonds. The average Bonchev–Trinajstić information content (AvgIpc) is 2.47. The highest BCUT2D eigenvalue weighted by molar-refractivity contribution is 6.29. The number of hydrogen-bond donors (Lipinski definition) is 0. The van der Waals surface area contributed by atoms with Crippen LogP contribution in [0.1, 0.15) is 32.0 Å². The molecule has 0 radical (unpaired) electrons. The van der Waals surface area contributed by atoms with Crippen molar-refractivity contribution in [3.8, 4) is 0 Å². The molecule has 0 N–H and O–H groups in total. The van der Waals surface area contributed by atoms with Crippen molar-refractivity contribution >= 4 is 17.2 Å². The number of halogens is 1. The molecule has 15 heavy (non-hydrogen) atoms. The lowest BCUT2D eigenvalue weighted by molar-refractivity contribution is 0.568. The Hall–Kier alpha value is -1.09. The molecule has 4 heteroatoms. The fraction of sp³-hybridized carbons (Fsp3) is 0.455. The van der Waals surface area contributed by atoms with Crippen LogP contribution in [0.4, 0.5) is 0 Å². The van der Waals surface area contributed by atoms with Crippen LogP contribution in [0.3, 0.4) is 0 Å². The van der Waals surface area contributed by atoms with Crippen LogP contribution in [-0.2, 0) is 5.41 Å². The summed E-state index contributed by atoms with van der Waals surface area (Å²) in [7, 11) is 0. The van der Waals surface area contributed by atoms with Crippen LogP contribution in [0.5, 0.6) is 0 Å². The van der Waals surface area contributed by atoms with Gasteiger partial charge in [-0.3, -0.25) is 0 Å².